The predicted octanol–water partition coefficient (Wildman–Crippen LogP) is 9.56. The minimum absolute atomic E-state index is 0.0764. The summed E-state index contributed by atoms with van der Waals surface area (Å²) in [6.07, 6.45) is 2.44. The molecular weight excluding hydrogens is 496 g/mol. The number of aromatic nitrogens is 2. The Morgan fingerprint density at radius 2 is 1.12 bits per heavy atom. The number of benzene rings is 5. The lowest BCUT2D eigenvalue weighted by Crippen LogP contribution is -2.63. The number of nitrogens with zero attached hydrogens (tertiary/aromatic N) is 2. The van der Waals surface area contributed by atoms with Gasteiger partial charge in [0.15, 0.2) is 5.69 Å². The number of pyridine rings is 1. The maximum absolute atomic E-state index is 2.57. The van der Waals surface area contributed by atoms with Crippen molar-refractivity contribution >= 4 is 27.3 Å². The summed E-state index contributed by atoms with van der Waals surface area (Å²) in [6.45, 7) is 9.61. The molecule has 0 atom stereocenters. The second-order valence-corrected chi connectivity index (χ2v) is 12.4. The highest BCUT2D eigenvalue weighted by Gasteiger charge is 2.51. The lowest BCUT2D eigenvalue weighted by molar-refractivity contribution is -0.744. The number of rotatable bonds is 3. The van der Waals surface area contributed by atoms with Gasteiger partial charge in [-0.05, 0) is 47.7 Å². The number of hydrogen-bond donors (Lipinski definition) is 0. The second-order valence-electron chi connectivity index (χ2n) is 12.4. The van der Waals surface area contributed by atoms with Gasteiger partial charge in [-0.2, -0.15) is 4.40 Å². The van der Waals surface area contributed by atoms with E-state index in [1.165, 1.54) is 66.4 Å². The molecule has 2 heteroatoms. The fraction of sp³-hybridized carbons (Fsp3) is 0.154. The van der Waals surface area contributed by atoms with Gasteiger partial charge in [0.25, 0.3) is 5.65 Å². The quantitative estimate of drug-likeness (QED) is 0.159. The summed E-state index contributed by atoms with van der Waals surface area (Å²) in [7, 11) is 0. The molecule has 8 rings (SSSR count). The highest BCUT2D eigenvalue weighted by molar-refractivity contribution is 6.14. The molecule has 0 saturated heterocycles. The third-order valence-electron chi connectivity index (χ3n) is 9.95. The van der Waals surface area contributed by atoms with Crippen molar-refractivity contribution in [3.63, 3.8) is 0 Å². The SMILES string of the molecule is CC1(C)c2cccc3c4ccccc4n4c(-c5c(-c6ccccc6)cccc5-c5ccccc5)c[n+](c4c23)C1(C)C. The van der Waals surface area contributed by atoms with Crippen LogP contribution in [-0.4, -0.2) is 4.40 Å². The van der Waals surface area contributed by atoms with Gasteiger partial charge in [0.1, 0.15) is 17.3 Å². The molecule has 0 unspecified atom stereocenters. The van der Waals surface area contributed by atoms with Crippen LogP contribution < -0.4 is 4.57 Å². The third-order valence-corrected chi connectivity index (χ3v) is 9.95. The summed E-state index contributed by atoms with van der Waals surface area (Å²) >= 11 is 0. The van der Waals surface area contributed by atoms with E-state index in [4.69, 9.17) is 0 Å². The second kappa shape index (κ2) is 8.41. The molecule has 3 heterocycles. The normalized spacial score (nSPS) is 15.2. The molecule has 0 saturated carbocycles. The average Bonchev–Trinajstić information content (AvgIpc) is 3.42. The number of imidazole rings is 1. The minimum atomic E-state index is -0.158. The Morgan fingerprint density at radius 3 is 1.78 bits per heavy atom. The van der Waals surface area contributed by atoms with Crippen LogP contribution in [0.25, 0.3) is 60.8 Å². The molecule has 0 radical (unpaired) electrons. The molecule has 1 aliphatic heterocycles. The van der Waals surface area contributed by atoms with Crippen LogP contribution >= 0.6 is 0 Å². The smallest absolute Gasteiger partial charge is 0.223 e. The molecule has 0 amide bonds. The maximum atomic E-state index is 2.57. The van der Waals surface area contributed by atoms with Gasteiger partial charge in [0.05, 0.1) is 5.39 Å². The van der Waals surface area contributed by atoms with Crippen molar-refractivity contribution in [1.29, 1.82) is 0 Å². The first-order chi connectivity index (χ1) is 19.9. The van der Waals surface area contributed by atoms with Crippen LogP contribution in [0.2, 0.25) is 0 Å². The van der Waals surface area contributed by atoms with Crippen LogP contribution in [0.3, 0.4) is 0 Å². The van der Waals surface area contributed by atoms with Crippen molar-refractivity contribution in [2.45, 2.75) is 38.6 Å². The lowest BCUT2D eigenvalue weighted by atomic mass is 9.66. The van der Waals surface area contributed by atoms with Crippen molar-refractivity contribution in [2.75, 3.05) is 0 Å². The van der Waals surface area contributed by atoms with Crippen molar-refractivity contribution in [1.82, 2.24) is 4.40 Å². The van der Waals surface area contributed by atoms with Crippen LogP contribution in [0.1, 0.15) is 33.3 Å². The van der Waals surface area contributed by atoms with E-state index < -0.39 is 0 Å². The summed E-state index contributed by atoms with van der Waals surface area (Å²) in [5, 5.41) is 3.97. The Labute approximate surface area is 241 Å². The summed E-state index contributed by atoms with van der Waals surface area (Å²) < 4.78 is 5.12. The van der Waals surface area contributed by atoms with Crippen LogP contribution in [0, 0.1) is 0 Å². The Bertz CT molecular complexity index is 2070. The van der Waals surface area contributed by atoms with E-state index in [1.54, 1.807) is 0 Å². The molecule has 0 aliphatic carbocycles. The average molecular weight is 530 g/mol. The fourth-order valence-corrected chi connectivity index (χ4v) is 7.15. The number of fused-ring (bicyclic) bond motifs is 3. The van der Waals surface area contributed by atoms with Gasteiger partial charge in [-0.1, -0.05) is 129 Å². The van der Waals surface area contributed by atoms with E-state index in [0.717, 1.165) is 0 Å². The minimum Gasteiger partial charge on any atom is -0.223 e. The first-order valence-electron chi connectivity index (χ1n) is 14.6. The molecule has 41 heavy (non-hydrogen) atoms. The van der Waals surface area contributed by atoms with E-state index in [1.807, 2.05) is 0 Å². The Morgan fingerprint density at radius 1 is 0.561 bits per heavy atom. The molecule has 198 valence electrons. The summed E-state index contributed by atoms with van der Waals surface area (Å²) in [5.74, 6) is 0. The van der Waals surface area contributed by atoms with Crippen molar-refractivity contribution in [3.8, 4) is 33.5 Å². The Hall–Kier alpha value is -4.69. The fourth-order valence-electron chi connectivity index (χ4n) is 7.15. The van der Waals surface area contributed by atoms with E-state index in [9.17, 15) is 0 Å². The van der Waals surface area contributed by atoms with Crippen LogP contribution in [-0.2, 0) is 11.0 Å². The largest absolute Gasteiger partial charge is 0.296 e. The monoisotopic (exact) mass is 529 g/mol. The topological polar surface area (TPSA) is 8.29 Å². The van der Waals surface area contributed by atoms with Gasteiger partial charge in [-0.3, -0.25) is 0 Å². The first-order valence-corrected chi connectivity index (χ1v) is 14.6. The summed E-state index contributed by atoms with van der Waals surface area (Å²) in [5.41, 5.74) is 11.1. The molecule has 0 spiro atoms. The maximum Gasteiger partial charge on any atom is 0.296 e. The van der Waals surface area contributed by atoms with E-state index >= 15 is 0 Å². The van der Waals surface area contributed by atoms with Crippen molar-refractivity contribution < 1.29 is 4.57 Å². The highest BCUT2D eigenvalue weighted by atomic mass is 15.2. The van der Waals surface area contributed by atoms with Crippen LogP contribution in [0.4, 0.5) is 0 Å². The number of hydrogen-bond acceptors (Lipinski definition) is 0. The standard InChI is InChI=1S/C39H33N2/c1-38(2)32-23-14-22-31-30-19-11-12-24-33(30)41-34(25-40(39(38,3)4)37(41)36(31)32)35-28(26-15-7-5-8-16-26)20-13-21-29(35)27-17-9-6-10-18-27/h5-25H,1-4H3/q+1. The molecule has 5 aromatic carbocycles. The third kappa shape index (κ3) is 3.16. The molecule has 7 aromatic rings. The molecule has 0 fully saturated rings. The summed E-state index contributed by atoms with van der Waals surface area (Å²) in [6, 6.07) is 44.3. The van der Waals surface area contributed by atoms with Crippen molar-refractivity contribution in [3.05, 3.63) is 133 Å². The van der Waals surface area contributed by atoms with Gasteiger partial charge >= 0.3 is 0 Å². The Balaban J connectivity index is 1.63. The van der Waals surface area contributed by atoms with Crippen LogP contribution in [0.15, 0.2) is 128 Å². The summed E-state index contributed by atoms with van der Waals surface area (Å²) in [4.78, 5) is 0. The molecule has 1 aliphatic rings. The zero-order valence-corrected chi connectivity index (χ0v) is 24.0. The van der Waals surface area contributed by atoms with Gasteiger partial charge in [0.2, 0.25) is 0 Å². The van der Waals surface area contributed by atoms with E-state index in [0.29, 0.717) is 0 Å². The van der Waals surface area contributed by atoms with Gasteiger partial charge in [-0.15, -0.1) is 0 Å². The Kier molecular flexibility index (Phi) is 4.95. The first kappa shape index (κ1) is 24.1. The highest BCUT2D eigenvalue weighted by Crippen LogP contribution is 2.49. The van der Waals surface area contributed by atoms with E-state index in [-0.39, 0.29) is 11.0 Å². The van der Waals surface area contributed by atoms with Gasteiger partial charge in [0, 0.05) is 21.8 Å². The molecule has 0 N–H and O–H groups in total. The molecule has 2 nitrogen and oxygen atoms in total. The van der Waals surface area contributed by atoms with Gasteiger partial charge < -0.3 is 0 Å². The van der Waals surface area contributed by atoms with Crippen molar-refractivity contribution in [2.24, 2.45) is 0 Å². The zero-order valence-electron chi connectivity index (χ0n) is 24.0. The predicted molar refractivity (Wildman–Crippen MR) is 171 cm³/mol. The molecular formula is C39H33N2+. The molecule has 0 bridgehead atoms. The molecule has 2 aromatic heterocycles. The zero-order chi connectivity index (χ0) is 27.9. The van der Waals surface area contributed by atoms with Crippen LogP contribution in [0.5, 0.6) is 0 Å². The van der Waals surface area contributed by atoms with Gasteiger partial charge in [-0.25, -0.2) is 4.57 Å². The lowest BCUT2D eigenvalue weighted by Gasteiger charge is -2.42. The van der Waals surface area contributed by atoms with E-state index in [2.05, 4.69) is 164 Å². The number of para-hydroxylation sites is 1.